The maximum absolute atomic E-state index is 11.1. The number of non-ortho nitro benzene ring substituents is 3. The number of nitro groups is 9. The molecule has 0 amide bonds. The predicted molar refractivity (Wildman–Crippen MR) is 138 cm³/mol. The maximum Gasteiger partial charge on any atom is 3.00 e. The topological polar surface area (TPSA) is 457 Å². The standard InChI is InChI=1S/3C6H3N3O7.La/c3*10-6-4(8(13)14)1-3(7(11)12)2-5(6)9(15)16;/h3*1-2,10H;/q;;;+3/p-3. The molecule has 3 aromatic rings. The van der Waals surface area contributed by atoms with Crippen LogP contribution in [0.3, 0.4) is 0 Å². The molecule has 0 N–H and O–H groups in total. The van der Waals surface area contributed by atoms with Crippen LogP contribution in [-0.2, 0) is 0 Å². The van der Waals surface area contributed by atoms with Gasteiger partial charge in [-0.05, 0) is 0 Å². The second-order valence-corrected chi connectivity index (χ2v) is 7.75. The van der Waals surface area contributed by atoms with E-state index in [1.165, 1.54) is 0 Å². The molecule has 0 aliphatic carbocycles. The number of nitrogens with zero attached hydrogens (tertiary/aromatic N) is 9. The van der Waals surface area contributed by atoms with Gasteiger partial charge in [0, 0.05) is 0 Å². The Morgan fingerprint density at radius 1 is 0.286 bits per heavy atom. The average molecular weight is 823 g/mol. The molecule has 31 heteroatoms. The van der Waals surface area contributed by atoms with E-state index in [1.54, 1.807) is 0 Å². The average Bonchev–Trinajstić information content (AvgIpc) is 2.96. The Morgan fingerprint density at radius 3 is 0.490 bits per heavy atom. The summed E-state index contributed by atoms with van der Waals surface area (Å²) in [6.07, 6.45) is 0. The van der Waals surface area contributed by atoms with Crippen molar-refractivity contribution in [1.29, 1.82) is 0 Å². The Kier molecular flexibility index (Phi) is 14.5. The van der Waals surface area contributed by atoms with Crippen LogP contribution in [0.2, 0.25) is 0 Å². The minimum absolute atomic E-state index is 0. The number of rotatable bonds is 9. The van der Waals surface area contributed by atoms with Gasteiger partial charge in [-0.3, -0.25) is 91.0 Å². The Bertz CT molecular complexity index is 1610. The zero-order valence-electron chi connectivity index (χ0n) is 22.6. The molecule has 0 spiro atoms. The van der Waals surface area contributed by atoms with Gasteiger partial charge in [0.2, 0.25) is 0 Å². The van der Waals surface area contributed by atoms with Crippen LogP contribution < -0.4 is 15.3 Å². The van der Waals surface area contributed by atoms with Gasteiger partial charge in [-0.15, -0.1) is 0 Å². The molecule has 0 saturated carbocycles. The van der Waals surface area contributed by atoms with Crippen LogP contribution in [-0.4, -0.2) is 44.3 Å². The summed E-state index contributed by atoms with van der Waals surface area (Å²) in [6.45, 7) is 0. The van der Waals surface area contributed by atoms with Gasteiger partial charge in [0.15, 0.2) is 0 Å². The van der Waals surface area contributed by atoms with E-state index in [-0.39, 0.29) is 35.6 Å². The van der Waals surface area contributed by atoms with Crippen molar-refractivity contribution in [3.8, 4) is 17.2 Å². The summed E-state index contributed by atoms with van der Waals surface area (Å²) >= 11 is 0. The molecule has 0 saturated heterocycles. The van der Waals surface area contributed by atoms with Gasteiger partial charge in [-0.1, -0.05) is 0 Å². The summed E-state index contributed by atoms with van der Waals surface area (Å²) < 4.78 is 0. The Morgan fingerprint density at radius 2 is 0.408 bits per heavy atom. The predicted octanol–water partition coefficient (Wildman–Crippen LogP) is 1.45. The van der Waals surface area contributed by atoms with E-state index in [0.29, 0.717) is 36.4 Å². The molecule has 0 heterocycles. The number of hydrogen-bond donors (Lipinski definition) is 0. The third-order valence-electron chi connectivity index (χ3n) is 4.92. The van der Waals surface area contributed by atoms with E-state index < -0.39 is 113 Å². The third-order valence-corrected chi connectivity index (χ3v) is 4.92. The molecule has 30 nitrogen and oxygen atoms in total. The second kappa shape index (κ2) is 17.0. The summed E-state index contributed by atoms with van der Waals surface area (Å²) in [7, 11) is 0. The molecular formula is C18H6LaN9O21. The fourth-order valence-electron chi connectivity index (χ4n) is 2.88. The first kappa shape index (κ1) is 41.9. The van der Waals surface area contributed by atoms with E-state index in [1.807, 2.05) is 0 Å². The fourth-order valence-corrected chi connectivity index (χ4v) is 2.88. The maximum atomic E-state index is 11.1. The number of hydrogen-bond acceptors (Lipinski definition) is 21. The first-order valence-electron chi connectivity index (χ1n) is 10.9. The van der Waals surface area contributed by atoms with Crippen LogP contribution in [0.15, 0.2) is 36.4 Å². The molecule has 252 valence electrons. The zero-order valence-corrected chi connectivity index (χ0v) is 26.3. The summed E-state index contributed by atoms with van der Waals surface area (Å²) in [6, 6.07) is 2.31. The van der Waals surface area contributed by atoms with Gasteiger partial charge < -0.3 is 15.3 Å². The summed E-state index contributed by atoms with van der Waals surface area (Å²) in [4.78, 5) is 82.5. The molecule has 3 aromatic carbocycles. The van der Waals surface area contributed by atoms with E-state index in [9.17, 15) is 106 Å². The Hall–Kier alpha value is -7.15. The van der Waals surface area contributed by atoms with Gasteiger partial charge >= 0.3 is 35.6 Å². The van der Waals surface area contributed by atoms with E-state index in [2.05, 4.69) is 0 Å². The number of nitro benzene ring substituents is 9. The largest absolute Gasteiger partial charge is 3.00 e. The van der Waals surface area contributed by atoms with Gasteiger partial charge in [0.25, 0.3) is 51.2 Å². The van der Waals surface area contributed by atoms with Crippen LogP contribution in [0.5, 0.6) is 17.2 Å². The van der Waals surface area contributed by atoms with E-state index in [4.69, 9.17) is 0 Å². The van der Waals surface area contributed by atoms with Crippen molar-refractivity contribution in [3.05, 3.63) is 127 Å². The normalized spacial score (nSPS) is 9.55. The molecule has 0 atom stereocenters. The minimum atomic E-state index is -1.46. The zero-order chi connectivity index (χ0) is 37.4. The fraction of sp³-hybridized carbons (Fsp3) is 0. The van der Waals surface area contributed by atoms with E-state index in [0.717, 1.165) is 0 Å². The third kappa shape index (κ3) is 10.4. The van der Waals surface area contributed by atoms with Gasteiger partial charge in [-0.2, -0.15) is 0 Å². The van der Waals surface area contributed by atoms with E-state index >= 15 is 0 Å². The molecule has 0 aliphatic heterocycles. The molecule has 0 fully saturated rings. The monoisotopic (exact) mass is 823 g/mol. The van der Waals surface area contributed by atoms with Crippen LogP contribution in [0.25, 0.3) is 0 Å². The number of benzene rings is 3. The van der Waals surface area contributed by atoms with Crippen molar-refractivity contribution in [2.75, 3.05) is 0 Å². The van der Waals surface area contributed by atoms with Gasteiger partial charge in [-0.25, -0.2) is 0 Å². The van der Waals surface area contributed by atoms with Crippen LogP contribution in [0.4, 0.5) is 51.2 Å². The molecule has 0 unspecified atom stereocenters. The van der Waals surface area contributed by atoms with Crippen molar-refractivity contribution < 1.29 is 95.2 Å². The molecule has 3 rings (SSSR count). The first-order chi connectivity index (χ1) is 22.0. The minimum Gasteiger partial charge on any atom is -0.863 e. The summed E-state index contributed by atoms with van der Waals surface area (Å²) in [5.41, 5.74) is -9.79. The Labute approximate surface area is 290 Å². The van der Waals surface area contributed by atoms with Crippen molar-refractivity contribution in [2.24, 2.45) is 0 Å². The van der Waals surface area contributed by atoms with Crippen LogP contribution in [0.1, 0.15) is 0 Å². The quantitative estimate of drug-likeness (QED) is 0.218. The molecule has 0 aliphatic rings. The molecule has 49 heavy (non-hydrogen) atoms. The van der Waals surface area contributed by atoms with Crippen molar-refractivity contribution in [1.82, 2.24) is 0 Å². The van der Waals surface area contributed by atoms with Crippen molar-refractivity contribution >= 4 is 51.2 Å². The van der Waals surface area contributed by atoms with Gasteiger partial charge in [0.05, 0.1) is 98.0 Å². The molecule has 0 bridgehead atoms. The second-order valence-electron chi connectivity index (χ2n) is 7.75. The van der Waals surface area contributed by atoms with Crippen LogP contribution in [0, 0.1) is 127 Å². The summed E-state index contributed by atoms with van der Waals surface area (Å²) in [5.74, 6) is -4.37. The summed E-state index contributed by atoms with van der Waals surface area (Å²) in [5, 5.41) is 126. The molecule has 0 radical (unpaired) electrons. The van der Waals surface area contributed by atoms with Crippen molar-refractivity contribution in [2.45, 2.75) is 0 Å². The molecule has 0 aromatic heterocycles. The Balaban J connectivity index is 0.000000698. The van der Waals surface area contributed by atoms with Gasteiger partial charge in [0.1, 0.15) is 0 Å². The van der Waals surface area contributed by atoms with Crippen LogP contribution >= 0.6 is 0 Å². The van der Waals surface area contributed by atoms with Crippen molar-refractivity contribution in [3.63, 3.8) is 0 Å². The SMILES string of the molecule is O=[N+]([O-])c1cc([N+](=O)[O-])c([O-])c([N+](=O)[O-])c1.O=[N+]([O-])c1cc([N+](=O)[O-])c([O-])c([N+](=O)[O-])c1.O=[N+]([O-])c1cc([N+](=O)[O-])c([O-])c([N+](=O)[O-])c1.[La+3]. The molecular weight excluding hydrogens is 817 g/mol. The smallest absolute Gasteiger partial charge is 0.863 e. The first-order valence-corrected chi connectivity index (χ1v) is 10.9.